The second-order valence-corrected chi connectivity index (χ2v) is 5.88. The smallest absolute Gasteiger partial charge is 0.317 e. The summed E-state index contributed by atoms with van der Waals surface area (Å²) in [6.07, 6.45) is 0.261. The van der Waals surface area contributed by atoms with Gasteiger partial charge < -0.3 is 4.74 Å². The largest absolute Gasteiger partial charge is 0.465 e. The zero-order valence-corrected chi connectivity index (χ0v) is 14.1. The number of ketones is 1. The molecule has 0 aliphatic carbocycles. The monoisotopic (exact) mass is 350 g/mol. The summed E-state index contributed by atoms with van der Waals surface area (Å²) >= 11 is 11.7. The highest BCUT2D eigenvalue weighted by molar-refractivity contribution is 6.31. The van der Waals surface area contributed by atoms with Gasteiger partial charge >= 0.3 is 5.97 Å². The minimum absolute atomic E-state index is 0.226. The molecule has 0 spiro atoms. The number of carbonyl (C=O) groups is 2. The molecule has 2 aromatic carbocycles. The van der Waals surface area contributed by atoms with Gasteiger partial charge in [-0.05, 0) is 55.3 Å². The highest BCUT2D eigenvalue weighted by Gasteiger charge is 2.29. The van der Waals surface area contributed by atoms with Crippen LogP contribution in [0.2, 0.25) is 10.0 Å². The van der Waals surface area contributed by atoms with Crippen molar-refractivity contribution >= 4 is 35.0 Å². The molecule has 1 unspecified atom stereocenters. The summed E-state index contributed by atoms with van der Waals surface area (Å²) < 4.78 is 5.05. The van der Waals surface area contributed by atoms with Crippen LogP contribution in [-0.4, -0.2) is 18.4 Å². The first kappa shape index (κ1) is 17.5. The number of esters is 1. The summed E-state index contributed by atoms with van der Waals surface area (Å²) in [5.41, 5.74) is 1.27. The van der Waals surface area contributed by atoms with E-state index in [-0.39, 0.29) is 18.8 Å². The normalized spacial score (nSPS) is 11.8. The maximum atomic E-state index is 12.7. The predicted molar refractivity (Wildman–Crippen MR) is 91.1 cm³/mol. The van der Waals surface area contributed by atoms with E-state index in [4.69, 9.17) is 27.9 Å². The van der Waals surface area contributed by atoms with Crippen molar-refractivity contribution in [3.05, 3.63) is 69.7 Å². The first-order chi connectivity index (χ1) is 11.0. The molecule has 0 aliphatic heterocycles. The van der Waals surface area contributed by atoms with Crippen molar-refractivity contribution in [2.24, 2.45) is 5.92 Å². The van der Waals surface area contributed by atoms with E-state index >= 15 is 0 Å². The zero-order valence-electron chi connectivity index (χ0n) is 12.6. The molecule has 5 heteroatoms. The zero-order chi connectivity index (χ0) is 16.8. The van der Waals surface area contributed by atoms with Crippen molar-refractivity contribution in [3.8, 4) is 0 Å². The van der Waals surface area contributed by atoms with E-state index in [0.29, 0.717) is 15.6 Å². The van der Waals surface area contributed by atoms with Crippen LogP contribution in [0.1, 0.15) is 22.8 Å². The first-order valence-corrected chi connectivity index (χ1v) is 7.97. The fraction of sp³-hybridized carbons (Fsp3) is 0.222. The van der Waals surface area contributed by atoms with Gasteiger partial charge in [0.15, 0.2) is 5.78 Å². The highest BCUT2D eigenvalue weighted by atomic mass is 35.5. The molecule has 0 bridgehead atoms. The van der Waals surface area contributed by atoms with Gasteiger partial charge in [-0.2, -0.15) is 0 Å². The van der Waals surface area contributed by atoms with Crippen molar-refractivity contribution < 1.29 is 14.3 Å². The second kappa shape index (κ2) is 8.14. The number of halogens is 2. The van der Waals surface area contributed by atoms with Crippen LogP contribution in [-0.2, 0) is 16.0 Å². The quantitative estimate of drug-likeness (QED) is 0.434. The lowest BCUT2D eigenvalue weighted by molar-refractivity contribution is -0.146. The predicted octanol–water partition coefficient (Wildman–Crippen LogP) is 4.60. The number of benzene rings is 2. The number of rotatable bonds is 6. The third-order valence-electron chi connectivity index (χ3n) is 3.37. The molecule has 0 aliphatic rings. The summed E-state index contributed by atoms with van der Waals surface area (Å²) in [6, 6.07) is 13.5. The average molecular weight is 351 g/mol. The number of Topliss-reactive ketones (excluding diaryl/α,β-unsaturated/α-hetero) is 1. The van der Waals surface area contributed by atoms with E-state index in [9.17, 15) is 9.59 Å². The molecule has 0 heterocycles. The fourth-order valence-electron chi connectivity index (χ4n) is 2.20. The van der Waals surface area contributed by atoms with Crippen LogP contribution in [0, 0.1) is 5.92 Å². The third-order valence-corrected chi connectivity index (χ3v) is 3.87. The van der Waals surface area contributed by atoms with E-state index in [1.165, 1.54) is 0 Å². The summed E-state index contributed by atoms with van der Waals surface area (Å²) in [7, 11) is 0. The molecular formula is C18H16Cl2O3. The Balaban J connectivity index is 2.25. The van der Waals surface area contributed by atoms with Crippen LogP contribution in [0.4, 0.5) is 0 Å². The van der Waals surface area contributed by atoms with Gasteiger partial charge in [0.2, 0.25) is 0 Å². The molecule has 2 rings (SSSR count). The van der Waals surface area contributed by atoms with Crippen LogP contribution in [0.5, 0.6) is 0 Å². The topological polar surface area (TPSA) is 43.4 Å². The van der Waals surface area contributed by atoms with Gasteiger partial charge in [0.1, 0.15) is 5.92 Å². The van der Waals surface area contributed by atoms with Gasteiger partial charge in [0.25, 0.3) is 0 Å². The van der Waals surface area contributed by atoms with E-state index in [1.54, 1.807) is 55.5 Å². The van der Waals surface area contributed by atoms with Crippen LogP contribution >= 0.6 is 23.2 Å². The van der Waals surface area contributed by atoms with Gasteiger partial charge in [-0.1, -0.05) is 35.3 Å². The Morgan fingerprint density at radius 1 is 0.957 bits per heavy atom. The molecular weight excluding hydrogens is 335 g/mol. The lowest BCUT2D eigenvalue weighted by atomic mass is 9.91. The fourth-order valence-corrected chi connectivity index (χ4v) is 2.45. The molecule has 2 aromatic rings. The minimum atomic E-state index is -0.891. The van der Waals surface area contributed by atoms with Gasteiger partial charge in [-0.25, -0.2) is 0 Å². The summed E-state index contributed by atoms with van der Waals surface area (Å²) in [5.74, 6) is -1.70. The second-order valence-electron chi connectivity index (χ2n) is 5.01. The summed E-state index contributed by atoms with van der Waals surface area (Å²) in [4.78, 5) is 24.9. The summed E-state index contributed by atoms with van der Waals surface area (Å²) in [5, 5.41) is 1.14. The van der Waals surface area contributed by atoms with Crippen molar-refractivity contribution in [1.82, 2.24) is 0 Å². The van der Waals surface area contributed by atoms with E-state index in [1.807, 2.05) is 0 Å². The van der Waals surface area contributed by atoms with E-state index < -0.39 is 11.9 Å². The Labute approximate surface area is 145 Å². The Kier molecular flexibility index (Phi) is 6.20. The molecule has 1 atom stereocenters. The van der Waals surface area contributed by atoms with Crippen LogP contribution < -0.4 is 0 Å². The highest BCUT2D eigenvalue weighted by Crippen LogP contribution is 2.20. The van der Waals surface area contributed by atoms with Gasteiger partial charge in [0.05, 0.1) is 6.61 Å². The van der Waals surface area contributed by atoms with Crippen molar-refractivity contribution in [2.45, 2.75) is 13.3 Å². The maximum absolute atomic E-state index is 12.7. The lowest BCUT2D eigenvalue weighted by Gasteiger charge is -2.15. The number of hydrogen-bond donors (Lipinski definition) is 0. The van der Waals surface area contributed by atoms with Gasteiger partial charge in [-0.15, -0.1) is 0 Å². The minimum Gasteiger partial charge on any atom is -0.465 e. The van der Waals surface area contributed by atoms with Crippen molar-refractivity contribution in [1.29, 1.82) is 0 Å². The molecule has 3 nitrogen and oxygen atoms in total. The number of carbonyl (C=O) groups excluding carboxylic acids is 2. The number of hydrogen-bond acceptors (Lipinski definition) is 3. The van der Waals surface area contributed by atoms with E-state index in [2.05, 4.69) is 0 Å². The van der Waals surface area contributed by atoms with Gasteiger partial charge in [-0.3, -0.25) is 9.59 Å². The third kappa shape index (κ3) is 4.81. The van der Waals surface area contributed by atoms with Crippen molar-refractivity contribution in [2.75, 3.05) is 6.61 Å². The molecule has 0 fully saturated rings. The SMILES string of the molecule is CCOC(=O)C(Cc1ccc(Cl)cc1)C(=O)c1ccc(Cl)cc1. The lowest BCUT2D eigenvalue weighted by Crippen LogP contribution is -2.28. The Hall–Kier alpha value is -1.84. The van der Waals surface area contributed by atoms with Crippen LogP contribution in [0.25, 0.3) is 0 Å². The van der Waals surface area contributed by atoms with Crippen LogP contribution in [0.3, 0.4) is 0 Å². The molecule has 23 heavy (non-hydrogen) atoms. The maximum Gasteiger partial charge on any atom is 0.317 e. The Morgan fingerprint density at radius 3 is 2.00 bits per heavy atom. The Bertz CT molecular complexity index is 678. The van der Waals surface area contributed by atoms with E-state index in [0.717, 1.165) is 5.56 Å². The first-order valence-electron chi connectivity index (χ1n) is 7.22. The standard InChI is InChI=1S/C18H16Cl2O3/c1-2-23-18(22)16(11-12-3-7-14(19)8-4-12)17(21)13-5-9-15(20)10-6-13/h3-10,16H,2,11H2,1H3. The van der Waals surface area contributed by atoms with Crippen molar-refractivity contribution in [3.63, 3.8) is 0 Å². The van der Waals surface area contributed by atoms with Gasteiger partial charge in [0, 0.05) is 15.6 Å². The molecule has 0 radical (unpaired) electrons. The molecule has 0 aromatic heterocycles. The number of ether oxygens (including phenoxy) is 1. The van der Waals surface area contributed by atoms with Crippen LogP contribution in [0.15, 0.2) is 48.5 Å². The molecule has 0 N–H and O–H groups in total. The molecule has 0 saturated heterocycles. The molecule has 120 valence electrons. The molecule has 0 amide bonds. The summed E-state index contributed by atoms with van der Waals surface area (Å²) in [6.45, 7) is 1.94. The molecule has 0 saturated carbocycles. The average Bonchev–Trinajstić information content (AvgIpc) is 2.54. The Morgan fingerprint density at radius 2 is 1.48 bits per heavy atom.